The van der Waals surface area contributed by atoms with E-state index in [1.54, 1.807) is 12.3 Å². The molecule has 0 atom stereocenters. The number of urea groups is 1. The highest BCUT2D eigenvalue weighted by Gasteiger charge is 2.01. The lowest BCUT2D eigenvalue weighted by Crippen LogP contribution is -2.19. The number of primary amides is 1. The molecule has 0 aliphatic carbocycles. The number of carbonyl (C=O) groups excluding carboxylic acids is 1. The highest BCUT2D eigenvalue weighted by molar-refractivity contribution is 5.88. The third kappa shape index (κ3) is 3.48. The molecule has 0 spiro atoms. The van der Waals surface area contributed by atoms with Gasteiger partial charge in [0, 0.05) is 24.1 Å². The van der Waals surface area contributed by atoms with Gasteiger partial charge in [-0.1, -0.05) is 6.07 Å². The predicted octanol–water partition coefficient (Wildman–Crippen LogP) is 2.01. The quantitative estimate of drug-likeness (QED) is 0.767. The molecule has 0 unspecified atom stereocenters. The Balaban J connectivity index is 2.01. The van der Waals surface area contributed by atoms with E-state index in [0.717, 1.165) is 17.9 Å². The molecule has 0 fully saturated rings. The van der Waals surface area contributed by atoms with Crippen LogP contribution < -0.4 is 16.4 Å². The number of rotatable bonds is 5. The van der Waals surface area contributed by atoms with Crippen molar-refractivity contribution in [2.24, 2.45) is 5.73 Å². The number of nitrogens with zero attached hydrogens (tertiary/aromatic N) is 2. The van der Waals surface area contributed by atoms with Gasteiger partial charge in [-0.25, -0.2) is 4.79 Å². The van der Waals surface area contributed by atoms with Crippen LogP contribution in [0.25, 0.3) is 0 Å². The number of amides is 2. The average Bonchev–Trinajstić information content (AvgIpc) is 2.83. The van der Waals surface area contributed by atoms with Crippen LogP contribution in [0.15, 0.2) is 36.5 Å². The van der Waals surface area contributed by atoms with Crippen molar-refractivity contribution in [3.63, 3.8) is 0 Å². The van der Waals surface area contributed by atoms with Gasteiger partial charge in [0.1, 0.15) is 0 Å². The molecule has 0 saturated heterocycles. The van der Waals surface area contributed by atoms with Crippen molar-refractivity contribution in [2.75, 3.05) is 10.6 Å². The van der Waals surface area contributed by atoms with E-state index in [4.69, 9.17) is 5.73 Å². The molecule has 4 N–H and O–H groups in total. The lowest BCUT2D eigenvalue weighted by atomic mass is 10.2. The maximum absolute atomic E-state index is 10.8. The highest BCUT2D eigenvalue weighted by Crippen LogP contribution is 2.15. The predicted molar refractivity (Wildman–Crippen MR) is 74.9 cm³/mol. The molecule has 6 heteroatoms. The smallest absolute Gasteiger partial charge is 0.316 e. The van der Waals surface area contributed by atoms with Crippen LogP contribution in [0, 0.1) is 0 Å². The van der Waals surface area contributed by atoms with Crippen molar-refractivity contribution in [3.05, 3.63) is 42.2 Å². The summed E-state index contributed by atoms with van der Waals surface area (Å²) in [7, 11) is 0. The van der Waals surface area contributed by atoms with Gasteiger partial charge in [-0.2, -0.15) is 5.10 Å². The maximum atomic E-state index is 10.8. The number of nitrogens with one attached hydrogen (secondary N) is 2. The monoisotopic (exact) mass is 259 g/mol. The first kappa shape index (κ1) is 12.9. The zero-order valence-corrected chi connectivity index (χ0v) is 10.8. The molecule has 1 heterocycles. The van der Waals surface area contributed by atoms with Crippen LogP contribution in [0.3, 0.4) is 0 Å². The second kappa shape index (κ2) is 5.90. The van der Waals surface area contributed by atoms with Gasteiger partial charge in [0.15, 0.2) is 0 Å². The van der Waals surface area contributed by atoms with Crippen molar-refractivity contribution >= 4 is 17.4 Å². The SMILES string of the molecule is CCn1nccc1CNc1cccc(NC(N)=O)c1. The van der Waals surface area contributed by atoms with E-state index >= 15 is 0 Å². The number of benzene rings is 1. The Labute approximate surface area is 111 Å². The van der Waals surface area contributed by atoms with Crippen LogP contribution in [-0.2, 0) is 13.1 Å². The summed E-state index contributed by atoms with van der Waals surface area (Å²) in [6.45, 7) is 3.56. The molecule has 1 aromatic heterocycles. The summed E-state index contributed by atoms with van der Waals surface area (Å²) in [6.07, 6.45) is 1.78. The summed E-state index contributed by atoms with van der Waals surface area (Å²) in [5, 5.41) is 10.0. The molecule has 19 heavy (non-hydrogen) atoms. The minimum atomic E-state index is -0.568. The third-order valence-corrected chi connectivity index (χ3v) is 2.71. The summed E-state index contributed by atoms with van der Waals surface area (Å²) in [5.41, 5.74) is 7.77. The Morgan fingerprint density at radius 2 is 2.16 bits per heavy atom. The number of aryl methyl sites for hydroxylation is 1. The second-order valence-corrected chi connectivity index (χ2v) is 4.06. The van der Waals surface area contributed by atoms with Gasteiger partial charge in [0.2, 0.25) is 0 Å². The van der Waals surface area contributed by atoms with Crippen molar-refractivity contribution in [1.29, 1.82) is 0 Å². The number of hydrogen-bond acceptors (Lipinski definition) is 3. The Bertz CT molecular complexity index is 564. The fourth-order valence-corrected chi connectivity index (χ4v) is 1.84. The Morgan fingerprint density at radius 3 is 2.89 bits per heavy atom. The molecule has 0 aliphatic heterocycles. The fraction of sp³-hybridized carbons (Fsp3) is 0.231. The molecule has 6 nitrogen and oxygen atoms in total. The van der Waals surface area contributed by atoms with E-state index in [0.29, 0.717) is 12.2 Å². The number of hydrogen-bond donors (Lipinski definition) is 3. The van der Waals surface area contributed by atoms with Crippen molar-refractivity contribution in [1.82, 2.24) is 9.78 Å². The van der Waals surface area contributed by atoms with E-state index in [-0.39, 0.29) is 0 Å². The van der Waals surface area contributed by atoms with Crippen LogP contribution in [0.1, 0.15) is 12.6 Å². The van der Waals surface area contributed by atoms with E-state index in [1.165, 1.54) is 0 Å². The van der Waals surface area contributed by atoms with Gasteiger partial charge >= 0.3 is 6.03 Å². The minimum absolute atomic E-state index is 0.568. The van der Waals surface area contributed by atoms with Gasteiger partial charge in [0.05, 0.1) is 12.2 Å². The van der Waals surface area contributed by atoms with Crippen LogP contribution in [0.5, 0.6) is 0 Å². The number of carbonyl (C=O) groups is 1. The fourth-order valence-electron chi connectivity index (χ4n) is 1.84. The van der Waals surface area contributed by atoms with Crippen molar-refractivity contribution in [2.45, 2.75) is 20.0 Å². The molecular formula is C13H17N5O. The Morgan fingerprint density at radius 1 is 1.37 bits per heavy atom. The summed E-state index contributed by atoms with van der Waals surface area (Å²) in [6, 6.07) is 8.80. The highest BCUT2D eigenvalue weighted by atomic mass is 16.2. The van der Waals surface area contributed by atoms with E-state index in [1.807, 2.05) is 35.9 Å². The van der Waals surface area contributed by atoms with Gasteiger partial charge in [0.25, 0.3) is 0 Å². The maximum Gasteiger partial charge on any atom is 0.316 e. The summed E-state index contributed by atoms with van der Waals surface area (Å²) in [5.74, 6) is 0. The second-order valence-electron chi connectivity index (χ2n) is 4.06. The van der Waals surface area contributed by atoms with Crippen LogP contribution in [-0.4, -0.2) is 15.8 Å². The van der Waals surface area contributed by atoms with Crippen LogP contribution >= 0.6 is 0 Å². The molecule has 0 aliphatic rings. The standard InChI is InChI=1S/C13H17N5O/c1-2-18-12(6-7-16-18)9-15-10-4-3-5-11(8-10)17-13(14)19/h3-8,15H,2,9H2,1H3,(H3,14,17,19). The molecule has 0 saturated carbocycles. The molecular weight excluding hydrogens is 242 g/mol. The topological polar surface area (TPSA) is 85.0 Å². The largest absolute Gasteiger partial charge is 0.379 e. The lowest BCUT2D eigenvalue weighted by Gasteiger charge is -2.09. The summed E-state index contributed by atoms with van der Waals surface area (Å²) < 4.78 is 1.93. The first-order valence-corrected chi connectivity index (χ1v) is 6.10. The average molecular weight is 259 g/mol. The molecule has 100 valence electrons. The molecule has 2 aromatic rings. The van der Waals surface area contributed by atoms with Crippen LogP contribution in [0.2, 0.25) is 0 Å². The lowest BCUT2D eigenvalue weighted by molar-refractivity contribution is 0.259. The first-order chi connectivity index (χ1) is 9.19. The Hall–Kier alpha value is -2.50. The van der Waals surface area contributed by atoms with Gasteiger partial charge < -0.3 is 16.4 Å². The third-order valence-electron chi connectivity index (χ3n) is 2.71. The number of aromatic nitrogens is 2. The molecule has 0 radical (unpaired) electrons. The van der Waals surface area contributed by atoms with Gasteiger partial charge in [-0.15, -0.1) is 0 Å². The van der Waals surface area contributed by atoms with Crippen LogP contribution in [0.4, 0.5) is 16.2 Å². The summed E-state index contributed by atoms with van der Waals surface area (Å²) >= 11 is 0. The zero-order valence-electron chi connectivity index (χ0n) is 10.8. The van der Waals surface area contributed by atoms with E-state index < -0.39 is 6.03 Å². The summed E-state index contributed by atoms with van der Waals surface area (Å²) in [4.78, 5) is 10.8. The molecule has 2 rings (SSSR count). The van der Waals surface area contributed by atoms with E-state index in [2.05, 4.69) is 15.7 Å². The van der Waals surface area contributed by atoms with Gasteiger partial charge in [-0.3, -0.25) is 4.68 Å². The minimum Gasteiger partial charge on any atom is -0.379 e. The number of anilines is 2. The molecule has 1 aromatic carbocycles. The van der Waals surface area contributed by atoms with Crippen molar-refractivity contribution in [3.8, 4) is 0 Å². The number of nitrogens with two attached hydrogens (primary N) is 1. The first-order valence-electron chi connectivity index (χ1n) is 6.10. The molecule has 0 bridgehead atoms. The normalized spacial score (nSPS) is 10.2. The zero-order chi connectivity index (χ0) is 13.7. The van der Waals surface area contributed by atoms with Gasteiger partial charge in [-0.05, 0) is 31.2 Å². The van der Waals surface area contributed by atoms with E-state index in [9.17, 15) is 4.79 Å². The van der Waals surface area contributed by atoms with Crippen molar-refractivity contribution < 1.29 is 4.79 Å². The molecule has 2 amide bonds. The Kier molecular flexibility index (Phi) is 4.02.